The van der Waals surface area contributed by atoms with Crippen molar-refractivity contribution in [1.29, 1.82) is 5.26 Å². The SMILES string of the molecule is N#Cc1c[nH]c2[c]cccc12. The summed E-state index contributed by atoms with van der Waals surface area (Å²) >= 11 is 0. The number of nitriles is 1. The molecule has 0 aliphatic heterocycles. The number of aromatic amines is 1. The Bertz CT molecular complexity index is 420. The van der Waals surface area contributed by atoms with Crippen molar-refractivity contribution in [3.63, 3.8) is 0 Å². The number of nitrogens with zero attached hydrogens (tertiary/aromatic N) is 1. The minimum atomic E-state index is 0.678. The smallest absolute Gasteiger partial charge is 0.101 e. The van der Waals surface area contributed by atoms with Gasteiger partial charge in [-0.1, -0.05) is 18.2 Å². The predicted molar refractivity (Wildman–Crippen MR) is 41.8 cm³/mol. The third-order valence-electron chi connectivity index (χ3n) is 1.63. The molecule has 11 heavy (non-hydrogen) atoms. The van der Waals surface area contributed by atoms with Gasteiger partial charge in [0, 0.05) is 17.6 Å². The van der Waals surface area contributed by atoms with Gasteiger partial charge in [0.25, 0.3) is 0 Å². The molecule has 1 heterocycles. The summed E-state index contributed by atoms with van der Waals surface area (Å²) in [6, 6.07) is 10.7. The molecule has 0 amide bonds. The van der Waals surface area contributed by atoms with Gasteiger partial charge in [-0.3, -0.25) is 0 Å². The van der Waals surface area contributed by atoms with Crippen LogP contribution in [0.15, 0.2) is 24.4 Å². The van der Waals surface area contributed by atoms with Crippen LogP contribution in [-0.2, 0) is 0 Å². The summed E-state index contributed by atoms with van der Waals surface area (Å²) in [4.78, 5) is 2.96. The Kier molecular flexibility index (Phi) is 1.16. The van der Waals surface area contributed by atoms with Gasteiger partial charge in [-0.25, -0.2) is 0 Å². The molecule has 1 radical (unpaired) electrons. The molecule has 0 atom stereocenters. The third kappa shape index (κ3) is 0.786. The summed E-state index contributed by atoms with van der Waals surface area (Å²) in [5, 5.41) is 9.58. The molecular weight excluding hydrogens is 136 g/mol. The summed E-state index contributed by atoms with van der Waals surface area (Å²) in [5.74, 6) is 0. The minimum absolute atomic E-state index is 0.678. The Labute approximate surface area is 64.1 Å². The predicted octanol–water partition coefficient (Wildman–Crippen LogP) is 1.84. The first kappa shape index (κ1) is 5.99. The van der Waals surface area contributed by atoms with Gasteiger partial charge in [0.1, 0.15) is 6.07 Å². The van der Waals surface area contributed by atoms with Crippen molar-refractivity contribution in [2.45, 2.75) is 0 Å². The van der Waals surface area contributed by atoms with Crippen LogP contribution in [0, 0.1) is 17.4 Å². The van der Waals surface area contributed by atoms with Crippen molar-refractivity contribution in [2.24, 2.45) is 0 Å². The van der Waals surface area contributed by atoms with E-state index in [2.05, 4.69) is 17.1 Å². The van der Waals surface area contributed by atoms with Crippen molar-refractivity contribution in [3.05, 3.63) is 36.0 Å². The molecule has 1 N–H and O–H groups in total. The molecule has 0 bridgehead atoms. The van der Waals surface area contributed by atoms with E-state index in [4.69, 9.17) is 5.26 Å². The average Bonchev–Trinajstić information content (AvgIpc) is 2.47. The highest BCUT2D eigenvalue weighted by atomic mass is 14.7. The zero-order valence-corrected chi connectivity index (χ0v) is 5.76. The fourth-order valence-corrected chi connectivity index (χ4v) is 1.10. The van der Waals surface area contributed by atoms with E-state index in [9.17, 15) is 0 Å². The molecule has 0 aliphatic carbocycles. The fraction of sp³-hybridized carbons (Fsp3) is 0. The molecule has 2 rings (SSSR count). The lowest BCUT2D eigenvalue weighted by atomic mass is 10.2. The van der Waals surface area contributed by atoms with Crippen LogP contribution in [0.5, 0.6) is 0 Å². The number of H-pyrrole nitrogens is 1. The number of nitrogens with one attached hydrogen (secondary N) is 1. The number of benzene rings is 1. The van der Waals surface area contributed by atoms with E-state index in [0.29, 0.717) is 5.56 Å². The van der Waals surface area contributed by atoms with Crippen LogP contribution in [0.4, 0.5) is 0 Å². The largest absolute Gasteiger partial charge is 0.359 e. The Morgan fingerprint density at radius 2 is 2.45 bits per heavy atom. The van der Waals surface area contributed by atoms with Crippen LogP contribution < -0.4 is 0 Å². The Hall–Kier alpha value is -1.75. The first-order chi connectivity index (χ1) is 5.42. The van der Waals surface area contributed by atoms with E-state index in [1.165, 1.54) is 0 Å². The summed E-state index contributed by atoms with van der Waals surface area (Å²) in [7, 11) is 0. The van der Waals surface area contributed by atoms with E-state index >= 15 is 0 Å². The van der Waals surface area contributed by atoms with Gasteiger partial charge < -0.3 is 4.98 Å². The van der Waals surface area contributed by atoms with E-state index in [-0.39, 0.29) is 0 Å². The standard InChI is InChI=1S/C9H5N2/c10-5-7-6-11-9-4-2-1-3-8(7)9/h1-3,6,11H. The maximum Gasteiger partial charge on any atom is 0.101 e. The fourth-order valence-electron chi connectivity index (χ4n) is 1.10. The van der Waals surface area contributed by atoms with Gasteiger partial charge in [-0.05, 0) is 0 Å². The van der Waals surface area contributed by atoms with Crippen molar-refractivity contribution in [1.82, 2.24) is 4.98 Å². The third-order valence-corrected chi connectivity index (χ3v) is 1.63. The lowest BCUT2D eigenvalue weighted by Gasteiger charge is -1.84. The van der Waals surface area contributed by atoms with Crippen molar-refractivity contribution >= 4 is 10.9 Å². The second-order valence-corrected chi connectivity index (χ2v) is 2.27. The van der Waals surface area contributed by atoms with Crippen LogP contribution in [0.2, 0.25) is 0 Å². The van der Waals surface area contributed by atoms with Crippen molar-refractivity contribution in [2.75, 3.05) is 0 Å². The monoisotopic (exact) mass is 141 g/mol. The van der Waals surface area contributed by atoms with E-state index in [1.54, 1.807) is 6.20 Å². The van der Waals surface area contributed by atoms with Crippen LogP contribution in [0.25, 0.3) is 10.9 Å². The first-order valence-electron chi connectivity index (χ1n) is 3.29. The number of para-hydroxylation sites is 1. The molecule has 0 unspecified atom stereocenters. The molecule has 2 nitrogen and oxygen atoms in total. The second kappa shape index (κ2) is 2.14. The molecule has 51 valence electrons. The molecule has 0 aliphatic rings. The summed E-state index contributed by atoms with van der Waals surface area (Å²) < 4.78 is 0. The Balaban J connectivity index is 2.89. The topological polar surface area (TPSA) is 39.6 Å². The zero-order valence-electron chi connectivity index (χ0n) is 5.76. The van der Waals surface area contributed by atoms with Crippen molar-refractivity contribution < 1.29 is 0 Å². The molecule has 0 saturated heterocycles. The number of rotatable bonds is 0. The first-order valence-corrected chi connectivity index (χ1v) is 3.29. The van der Waals surface area contributed by atoms with Crippen LogP contribution in [0.3, 0.4) is 0 Å². The summed E-state index contributed by atoms with van der Waals surface area (Å²) in [6.45, 7) is 0. The lowest BCUT2D eigenvalue weighted by molar-refractivity contribution is 1.44. The van der Waals surface area contributed by atoms with E-state index < -0.39 is 0 Å². The second-order valence-electron chi connectivity index (χ2n) is 2.27. The Morgan fingerprint density at radius 1 is 1.55 bits per heavy atom. The van der Waals surface area contributed by atoms with Gasteiger partial charge >= 0.3 is 0 Å². The number of fused-ring (bicyclic) bond motifs is 1. The highest BCUT2D eigenvalue weighted by molar-refractivity contribution is 5.84. The van der Waals surface area contributed by atoms with Gasteiger partial charge in [0.05, 0.1) is 11.1 Å². The van der Waals surface area contributed by atoms with Gasteiger partial charge in [0.15, 0.2) is 0 Å². The summed E-state index contributed by atoms with van der Waals surface area (Å²) in [5.41, 5.74) is 1.57. The molecule has 2 aromatic rings. The number of hydrogen-bond donors (Lipinski definition) is 1. The molecule has 1 aromatic heterocycles. The van der Waals surface area contributed by atoms with Gasteiger partial charge in [-0.2, -0.15) is 5.26 Å². The highest BCUT2D eigenvalue weighted by Gasteiger charge is 1.99. The van der Waals surface area contributed by atoms with Crippen LogP contribution in [-0.4, -0.2) is 4.98 Å². The number of hydrogen-bond acceptors (Lipinski definition) is 1. The van der Waals surface area contributed by atoms with E-state index in [1.807, 2.05) is 18.2 Å². The molecule has 0 saturated carbocycles. The Morgan fingerprint density at radius 3 is 3.27 bits per heavy atom. The quantitative estimate of drug-likeness (QED) is 0.597. The maximum absolute atomic E-state index is 8.64. The number of aromatic nitrogens is 1. The maximum atomic E-state index is 8.64. The summed E-state index contributed by atoms with van der Waals surface area (Å²) in [6.07, 6.45) is 1.70. The molecular formula is C9H5N2. The van der Waals surface area contributed by atoms with Gasteiger partial charge in [0.2, 0.25) is 0 Å². The van der Waals surface area contributed by atoms with E-state index in [0.717, 1.165) is 10.9 Å². The zero-order chi connectivity index (χ0) is 7.68. The minimum Gasteiger partial charge on any atom is -0.359 e. The van der Waals surface area contributed by atoms with Crippen LogP contribution >= 0.6 is 0 Å². The lowest BCUT2D eigenvalue weighted by Crippen LogP contribution is -1.67. The van der Waals surface area contributed by atoms with Crippen LogP contribution in [0.1, 0.15) is 5.56 Å². The highest BCUT2D eigenvalue weighted by Crippen LogP contribution is 2.15. The molecule has 0 spiro atoms. The molecule has 1 aromatic carbocycles. The van der Waals surface area contributed by atoms with Crippen molar-refractivity contribution in [3.8, 4) is 6.07 Å². The normalized spacial score (nSPS) is 9.73. The molecule has 2 heteroatoms. The van der Waals surface area contributed by atoms with Gasteiger partial charge in [-0.15, -0.1) is 0 Å². The average molecular weight is 141 g/mol. The molecule has 0 fully saturated rings.